The Balaban J connectivity index is 1.70. The monoisotopic (exact) mass is 321 g/mol. The summed E-state index contributed by atoms with van der Waals surface area (Å²) in [7, 11) is 0. The summed E-state index contributed by atoms with van der Waals surface area (Å²) in [5.41, 5.74) is 0.521. The fraction of sp³-hybridized carbons (Fsp3) is 0.588. The summed E-state index contributed by atoms with van der Waals surface area (Å²) in [6, 6.07) is 10.1. The third-order valence-electron chi connectivity index (χ3n) is 4.33. The first-order chi connectivity index (χ1) is 10.5. The lowest BCUT2D eigenvalue weighted by Gasteiger charge is -2.33. The molecule has 0 aliphatic carbocycles. The van der Waals surface area contributed by atoms with E-state index in [0.29, 0.717) is 6.61 Å². The third-order valence-corrected chi connectivity index (χ3v) is 4.97. The molecule has 0 N–H and O–H groups in total. The van der Waals surface area contributed by atoms with Crippen molar-refractivity contribution in [2.45, 2.75) is 44.2 Å². The van der Waals surface area contributed by atoms with E-state index in [1.54, 1.807) is 11.8 Å². The minimum atomic E-state index is -0.548. The maximum atomic E-state index is 12.9. The Bertz CT molecular complexity index is 534. The van der Waals surface area contributed by atoms with E-state index >= 15 is 0 Å². The highest BCUT2D eigenvalue weighted by molar-refractivity contribution is 7.98. The molecule has 2 aliphatic heterocycles. The molecule has 0 spiro atoms. The highest BCUT2D eigenvalue weighted by atomic mass is 32.2. The summed E-state index contributed by atoms with van der Waals surface area (Å²) in [5, 5.41) is 0. The van der Waals surface area contributed by atoms with Crippen LogP contribution in [0.15, 0.2) is 30.3 Å². The molecular formula is C17H23NO3S. The first kappa shape index (κ1) is 15.8. The normalized spacial score (nSPS) is 29.6. The number of nitrogens with zero attached hydrogens (tertiary/aromatic N) is 1. The summed E-state index contributed by atoms with van der Waals surface area (Å²) >= 11 is 1.80. The summed E-state index contributed by atoms with van der Waals surface area (Å²) in [4.78, 5) is 14.8. The van der Waals surface area contributed by atoms with Gasteiger partial charge in [-0.25, -0.2) is 0 Å². The molecule has 1 aromatic carbocycles. The number of hydrogen-bond donors (Lipinski definition) is 0. The standard InChI is InChI=1S/C17H23NO3S/c1-17(2)18(13(11-20-17)9-10-22-3)16(19)15-14(21-15)12-7-5-4-6-8-12/h4-8,13-15H,9-11H2,1-3H3/t13-,14+,15-/m1/s1. The van der Waals surface area contributed by atoms with Crippen LogP contribution in [0.25, 0.3) is 0 Å². The lowest BCUT2D eigenvalue weighted by atomic mass is 10.1. The Hall–Kier alpha value is -1.04. The number of rotatable bonds is 5. The number of carbonyl (C=O) groups is 1. The van der Waals surface area contributed by atoms with Crippen molar-refractivity contribution in [1.82, 2.24) is 4.90 Å². The predicted octanol–water partition coefficient (Wildman–Crippen LogP) is 2.84. The van der Waals surface area contributed by atoms with Gasteiger partial charge in [-0.05, 0) is 37.8 Å². The molecule has 120 valence electrons. The van der Waals surface area contributed by atoms with Gasteiger partial charge in [-0.2, -0.15) is 11.8 Å². The molecule has 2 saturated heterocycles. The Morgan fingerprint density at radius 2 is 2.09 bits per heavy atom. The zero-order valence-corrected chi connectivity index (χ0v) is 14.1. The maximum absolute atomic E-state index is 12.9. The molecule has 5 heteroatoms. The molecule has 0 aromatic heterocycles. The second-order valence-electron chi connectivity index (χ2n) is 6.29. The lowest BCUT2D eigenvalue weighted by molar-refractivity contribution is -0.147. The minimum Gasteiger partial charge on any atom is -0.354 e. The number of benzene rings is 1. The van der Waals surface area contributed by atoms with E-state index in [0.717, 1.165) is 17.7 Å². The van der Waals surface area contributed by atoms with Crippen molar-refractivity contribution >= 4 is 17.7 Å². The van der Waals surface area contributed by atoms with Crippen molar-refractivity contribution in [3.8, 4) is 0 Å². The second-order valence-corrected chi connectivity index (χ2v) is 7.27. The third kappa shape index (κ3) is 3.03. The van der Waals surface area contributed by atoms with Gasteiger partial charge in [0.1, 0.15) is 11.8 Å². The van der Waals surface area contributed by atoms with Crippen LogP contribution >= 0.6 is 11.8 Å². The molecule has 1 amide bonds. The van der Waals surface area contributed by atoms with Crippen LogP contribution in [0.2, 0.25) is 0 Å². The number of amides is 1. The molecule has 4 nitrogen and oxygen atoms in total. The lowest BCUT2D eigenvalue weighted by Crippen LogP contribution is -2.50. The molecule has 2 heterocycles. The van der Waals surface area contributed by atoms with Gasteiger partial charge in [0.05, 0.1) is 12.6 Å². The number of epoxide rings is 1. The van der Waals surface area contributed by atoms with Gasteiger partial charge in [0.2, 0.25) is 0 Å². The van der Waals surface area contributed by atoms with Gasteiger partial charge >= 0.3 is 0 Å². The van der Waals surface area contributed by atoms with Crippen LogP contribution in [0.3, 0.4) is 0 Å². The zero-order valence-electron chi connectivity index (χ0n) is 13.3. The predicted molar refractivity (Wildman–Crippen MR) is 87.7 cm³/mol. The van der Waals surface area contributed by atoms with Crippen LogP contribution in [-0.4, -0.2) is 47.3 Å². The first-order valence-electron chi connectivity index (χ1n) is 7.71. The second kappa shape index (κ2) is 6.22. The van der Waals surface area contributed by atoms with E-state index in [-0.39, 0.29) is 24.2 Å². The van der Waals surface area contributed by atoms with Crippen molar-refractivity contribution in [3.05, 3.63) is 35.9 Å². The van der Waals surface area contributed by atoms with Crippen LogP contribution in [0.4, 0.5) is 0 Å². The van der Waals surface area contributed by atoms with Crippen LogP contribution < -0.4 is 0 Å². The van der Waals surface area contributed by atoms with Crippen LogP contribution in [0.5, 0.6) is 0 Å². The highest BCUT2D eigenvalue weighted by Gasteiger charge is 2.53. The number of ether oxygens (including phenoxy) is 2. The Morgan fingerprint density at radius 1 is 1.36 bits per heavy atom. The van der Waals surface area contributed by atoms with Crippen molar-refractivity contribution in [2.75, 3.05) is 18.6 Å². The van der Waals surface area contributed by atoms with E-state index in [9.17, 15) is 4.79 Å². The van der Waals surface area contributed by atoms with Gasteiger partial charge < -0.3 is 14.4 Å². The van der Waals surface area contributed by atoms with Crippen LogP contribution in [-0.2, 0) is 14.3 Å². The Labute approximate surface area is 136 Å². The Morgan fingerprint density at radius 3 is 2.77 bits per heavy atom. The maximum Gasteiger partial charge on any atom is 0.257 e. The zero-order chi connectivity index (χ0) is 15.7. The molecular weight excluding hydrogens is 298 g/mol. The molecule has 0 radical (unpaired) electrons. The van der Waals surface area contributed by atoms with Gasteiger partial charge in [0.15, 0.2) is 6.10 Å². The van der Waals surface area contributed by atoms with Crippen LogP contribution in [0.1, 0.15) is 31.9 Å². The van der Waals surface area contributed by atoms with Crippen molar-refractivity contribution in [1.29, 1.82) is 0 Å². The first-order valence-corrected chi connectivity index (χ1v) is 9.10. The fourth-order valence-corrected chi connectivity index (χ4v) is 3.64. The highest BCUT2D eigenvalue weighted by Crippen LogP contribution is 2.42. The average molecular weight is 321 g/mol. The van der Waals surface area contributed by atoms with E-state index in [4.69, 9.17) is 9.47 Å². The topological polar surface area (TPSA) is 42.1 Å². The minimum absolute atomic E-state index is 0.0578. The largest absolute Gasteiger partial charge is 0.354 e. The molecule has 0 bridgehead atoms. The van der Waals surface area contributed by atoms with Crippen molar-refractivity contribution < 1.29 is 14.3 Å². The van der Waals surface area contributed by atoms with Gasteiger partial charge in [-0.15, -0.1) is 0 Å². The number of hydrogen-bond acceptors (Lipinski definition) is 4. The molecule has 2 aliphatic rings. The van der Waals surface area contributed by atoms with Gasteiger partial charge in [0.25, 0.3) is 5.91 Å². The molecule has 0 saturated carbocycles. The molecule has 3 rings (SSSR count). The van der Waals surface area contributed by atoms with E-state index < -0.39 is 5.72 Å². The van der Waals surface area contributed by atoms with Crippen molar-refractivity contribution in [2.24, 2.45) is 0 Å². The quantitative estimate of drug-likeness (QED) is 0.782. The molecule has 1 aromatic rings. The van der Waals surface area contributed by atoms with E-state index in [2.05, 4.69) is 6.26 Å². The molecule has 0 unspecified atom stereocenters. The number of thioether (sulfide) groups is 1. The molecule has 2 fully saturated rings. The van der Waals surface area contributed by atoms with Gasteiger partial charge in [0, 0.05) is 0 Å². The van der Waals surface area contributed by atoms with E-state index in [1.807, 2.05) is 49.1 Å². The average Bonchev–Trinajstić information content (AvgIpc) is 3.25. The summed E-state index contributed by atoms with van der Waals surface area (Å²) < 4.78 is 11.5. The molecule has 3 atom stereocenters. The summed E-state index contributed by atoms with van der Waals surface area (Å²) in [6.07, 6.45) is 2.58. The van der Waals surface area contributed by atoms with Crippen molar-refractivity contribution in [3.63, 3.8) is 0 Å². The summed E-state index contributed by atoms with van der Waals surface area (Å²) in [6.45, 7) is 4.54. The number of carbonyl (C=O) groups excluding carboxylic acids is 1. The molecule has 22 heavy (non-hydrogen) atoms. The smallest absolute Gasteiger partial charge is 0.257 e. The van der Waals surface area contributed by atoms with Gasteiger partial charge in [-0.1, -0.05) is 30.3 Å². The van der Waals surface area contributed by atoms with E-state index in [1.165, 1.54) is 0 Å². The Kier molecular flexibility index (Phi) is 4.48. The van der Waals surface area contributed by atoms with Crippen LogP contribution in [0, 0.1) is 0 Å². The van der Waals surface area contributed by atoms with Gasteiger partial charge in [-0.3, -0.25) is 4.79 Å². The summed E-state index contributed by atoms with van der Waals surface area (Å²) in [5.74, 6) is 1.09. The SMILES string of the molecule is CSCC[C@@H]1COC(C)(C)N1C(=O)[C@@H]1O[C@H]1c1ccccc1. The fourth-order valence-electron chi connectivity index (χ4n) is 3.13.